The summed E-state index contributed by atoms with van der Waals surface area (Å²) in [6.07, 6.45) is 2.16. The molecule has 1 saturated carbocycles. The van der Waals surface area contributed by atoms with E-state index in [1.165, 1.54) is 6.07 Å². The Bertz CT molecular complexity index is 420. The SMILES string of the molecule is O=C(O)Cn1nc(C2CC2)ccc1=O. The molecular weight excluding hydrogens is 184 g/mol. The fourth-order valence-corrected chi connectivity index (χ4v) is 1.30. The summed E-state index contributed by atoms with van der Waals surface area (Å²) in [7, 11) is 0. The normalized spacial score (nSPS) is 15.4. The van der Waals surface area contributed by atoms with E-state index in [0.717, 1.165) is 23.2 Å². The number of carbonyl (C=O) groups is 1. The zero-order valence-electron chi connectivity index (χ0n) is 7.51. The fourth-order valence-electron chi connectivity index (χ4n) is 1.30. The third-order valence-electron chi connectivity index (χ3n) is 2.17. The average Bonchev–Trinajstić information content (AvgIpc) is 2.91. The molecule has 1 aliphatic rings. The monoisotopic (exact) mass is 194 g/mol. The third kappa shape index (κ3) is 1.81. The highest BCUT2D eigenvalue weighted by Crippen LogP contribution is 2.38. The lowest BCUT2D eigenvalue weighted by Gasteiger charge is -2.02. The van der Waals surface area contributed by atoms with Gasteiger partial charge in [-0.15, -0.1) is 0 Å². The summed E-state index contributed by atoms with van der Waals surface area (Å²) in [6.45, 7) is -0.362. The van der Waals surface area contributed by atoms with Crippen molar-refractivity contribution in [1.82, 2.24) is 9.78 Å². The van der Waals surface area contributed by atoms with Gasteiger partial charge in [-0.1, -0.05) is 0 Å². The van der Waals surface area contributed by atoms with Crippen LogP contribution in [0.25, 0.3) is 0 Å². The highest BCUT2D eigenvalue weighted by atomic mass is 16.4. The van der Waals surface area contributed by atoms with Gasteiger partial charge in [-0.3, -0.25) is 9.59 Å². The van der Waals surface area contributed by atoms with Crippen LogP contribution in [0, 0.1) is 0 Å². The van der Waals surface area contributed by atoms with Gasteiger partial charge in [-0.2, -0.15) is 5.10 Å². The lowest BCUT2D eigenvalue weighted by atomic mass is 10.3. The Labute approximate surface area is 80.0 Å². The van der Waals surface area contributed by atoms with Crippen molar-refractivity contribution in [2.45, 2.75) is 25.3 Å². The minimum Gasteiger partial charge on any atom is -0.480 e. The van der Waals surface area contributed by atoms with E-state index >= 15 is 0 Å². The van der Waals surface area contributed by atoms with Gasteiger partial charge in [-0.25, -0.2) is 4.68 Å². The minimum absolute atomic E-state index is 0.362. The molecule has 0 amide bonds. The van der Waals surface area contributed by atoms with Crippen LogP contribution in [0.15, 0.2) is 16.9 Å². The van der Waals surface area contributed by atoms with Gasteiger partial charge in [0.25, 0.3) is 5.56 Å². The van der Waals surface area contributed by atoms with Crippen molar-refractivity contribution in [2.75, 3.05) is 0 Å². The standard InChI is InChI=1S/C9H10N2O3/c12-8-4-3-7(6-1-2-6)10-11(8)5-9(13)14/h3-4,6H,1-2,5H2,(H,13,14). The van der Waals surface area contributed by atoms with E-state index in [-0.39, 0.29) is 12.1 Å². The summed E-state index contributed by atoms with van der Waals surface area (Å²) in [4.78, 5) is 21.6. The Hall–Kier alpha value is -1.65. The largest absolute Gasteiger partial charge is 0.480 e. The van der Waals surface area contributed by atoms with Gasteiger partial charge in [0.1, 0.15) is 6.54 Å². The minimum atomic E-state index is -1.05. The number of rotatable bonds is 3. The second-order valence-corrected chi connectivity index (χ2v) is 3.42. The first-order valence-electron chi connectivity index (χ1n) is 4.46. The lowest BCUT2D eigenvalue weighted by Crippen LogP contribution is -2.26. The molecular formula is C9H10N2O3. The molecule has 0 saturated heterocycles. The summed E-state index contributed by atoms with van der Waals surface area (Å²) in [5, 5.41) is 12.5. The van der Waals surface area contributed by atoms with Gasteiger partial charge in [-0.05, 0) is 18.9 Å². The van der Waals surface area contributed by atoms with Gasteiger partial charge < -0.3 is 5.11 Å². The first-order chi connectivity index (χ1) is 6.66. The number of hydrogen-bond acceptors (Lipinski definition) is 3. The molecule has 0 spiro atoms. The highest BCUT2D eigenvalue weighted by molar-refractivity contribution is 5.66. The molecule has 74 valence electrons. The van der Waals surface area contributed by atoms with Crippen LogP contribution in [0.2, 0.25) is 0 Å². The van der Waals surface area contributed by atoms with Gasteiger partial charge in [0.05, 0.1) is 5.69 Å². The van der Waals surface area contributed by atoms with Gasteiger partial charge in [0, 0.05) is 12.0 Å². The number of nitrogens with zero attached hydrogens (tertiary/aromatic N) is 2. The zero-order chi connectivity index (χ0) is 10.1. The van der Waals surface area contributed by atoms with Crippen molar-refractivity contribution in [1.29, 1.82) is 0 Å². The zero-order valence-corrected chi connectivity index (χ0v) is 7.51. The fraction of sp³-hybridized carbons (Fsp3) is 0.444. The number of aromatic nitrogens is 2. The summed E-state index contributed by atoms with van der Waals surface area (Å²) in [6, 6.07) is 3.06. The molecule has 0 aliphatic heterocycles. The molecule has 1 N–H and O–H groups in total. The van der Waals surface area contributed by atoms with E-state index in [0.29, 0.717) is 5.92 Å². The van der Waals surface area contributed by atoms with Crippen molar-refractivity contribution < 1.29 is 9.90 Å². The predicted octanol–water partition coefficient (Wildman–Crippen LogP) is 0.205. The topological polar surface area (TPSA) is 72.2 Å². The summed E-state index contributed by atoms with van der Waals surface area (Å²) >= 11 is 0. The van der Waals surface area contributed by atoms with E-state index < -0.39 is 5.97 Å². The third-order valence-corrected chi connectivity index (χ3v) is 2.17. The average molecular weight is 194 g/mol. The van der Waals surface area contributed by atoms with E-state index in [1.54, 1.807) is 6.07 Å². The van der Waals surface area contributed by atoms with E-state index in [1.807, 2.05) is 0 Å². The molecule has 14 heavy (non-hydrogen) atoms. The van der Waals surface area contributed by atoms with Crippen molar-refractivity contribution in [3.05, 3.63) is 28.2 Å². The molecule has 0 atom stereocenters. The maximum Gasteiger partial charge on any atom is 0.325 e. The Kier molecular flexibility index (Phi) is 2.07. The van der Waals surface area contributed by atoms with Crippen LogP contribution in [-0.2, 0) is 11.3 Å². The lowest BCUT2D eigenvalue weighted by molar-refractivity contribution is -0.138. The van der Waals surface area contributed by atoms with Gasteiger partial charge >= 0.3 is 5.97 Å². The van der Waals surface area contributed by atoms with Crippen LogP contribution in [-0.4, -0.2) is 20.9 Å². The number of aliphatic carboxylic acids is 1. The molecule has 2 rings (SSSR count). The molecule has 5 nitrogen and oxygen atoms in total. The molecule has 1 aliphatic carbocycles. The summed E-state index contributed by atoms with van der Waals surface area (Å²) < 4.78 is 0.996. The quantitative estimate of drug-likeness (QED) is 0.746. The number of carboxylic acid groups (broad SMARTS) is 1. The Morgan fingerprint density at radius 2 is 2.29 bits per heavy atom. The maximum atomic E-state index is 11.2. The number of hydrogen-bond donors (Lipinski definition) is 1. The van der Waals surface area contributed by atoms with Crippen molar-refractivity contribution in [3.8, 4) is 0 Å². The second kappa shape index (κ2) is 3.25. The van der Waals surface area contributed by atoms with Crippen LogP contribution >= 0.6 is 0 Å². The molecule has 0 unspecified atom stereocenters. The molecule has 5 heteroatoms. The van der Waals surface area contributed by atoms with Crippen LogP contribution in [0.1, 0.15) is 24.5 Å². The van der Waals surface area contributed by atoms with Gasteiger partial charge in [0.15, 0.2) is 0 Å². The number of carboxylic acids is 1. The van der Waals surface area contributed by atoms with Crippen LogP contribution in [0.3, 0.4) is 0 Å². The molecule has 0 radical (unpaired) electrons. The van der Waals surface area contributed by atoms with Crippen LogP contribution in [0.4, 0.5) is 0 Å². The maximum absolute atomic E-state index is 11.2. The molecule has 0 aromatic carbocycles. The smallest absolute Gasteiger partial charge is 0.325 e. The van der Waals surface area contributed by atoms with Gasteiger partial charge in [0.2, 0.25) is 0 Å². The first kappa shape index (κ1) is 8.93. The van der Waals surface area contributed by atoms with Crippen LogP contribution in [0.5, 0.6) is 0 Å². The molecule has 1 aromatic rings. The Morgan fingerprint density at radius 1 is 1.57 bits per heavy atom. The molecule has 1 heterocycles. The summed E-state index contributed by atoms with van der Waals surface area (Å²) in [5.74, 6) is -0.622. The second-order valence-electron chi connectivity index (χ2n) is 3.42. The van der Waals surface area contributed by atoms with E-state index in [2.05, 4.69) is 5.10 Å². The Morgan fingerprint density at radius 3 is 2.86 bits per heavy atom. The summed E-state index contributed by atoms with van der Waals surface area (Å²) in [5.41, 5.74) is 0.461. The molecule has 1 fully saturated rings. The van der Waals surface area contributed by atoms with Crippen molar-refractivity contribution in [3.63, 3.8) is 0 Å². The first-order valence-corrected chi connectivity index (χ1v) is 4.46. The predicted molar refractivity (Wildman–Crippen MR) is 48.1 cm³/mol. The van der Waals surface area contributed by atoms with Crippen molar-refractivity contribution >= 4 is 5.97 Å². The van der Waals surface area contributed by atoms with E-state index in [9.17, 15) is 9.59 Å². The van der Waals surface area contributed by atoms with Crippen LogP contribution < -0.4 is 5.56 Å². The molecule has 1 aromatic heterocycles. The van der Waals surface area contributed by atoms with E-state index in [4.69, 9.17) is 5.11 Å². The van der Waals surface area contributed by atoms with Crippen molar-refractivity contribution in [2.24, 2.45) is 0 Å². The Balaban J connectivity index is 2.31. The highest BCUT2D eigenvalue weighted by Gasteiger charge is 2.25. The molecule has 0 bridgehead atoms.